The van der Waals surface area contributed by atoms with Gasteiger partial charge in [-0.05, 0) is 91.2 Å². The molecule has 1 aromatic heterocycles. The molecule has 7 heteroatoms. The number of aliphatic hydroxyl groups is 1. The molecule has 5 rings (SSSR count). The monoisotopic (exact) mass is 494 g/mol. The van der Waals surface area contributed by atoms with Gasteiger partial charge in [0.1, 0.15) is 23.1 Å². The van der Waals surface area contributed by atoms with Crippen molar-refractivity contribution < 1.29 is 23.8 Å². The first-order chi connectivity index (χ1) is 17.8. The van der Waals surface area contributed by atoms with Gasteiger partial charge in [0.15, 0.2) is 0 Å². The van der Waals surface area contributed by atoms with E-state index >= 15 is 0 Å². The number of aryl methyl sites for hydroxylation is 2. The molecule has 0 radical (unpaired) electrons. The zero-order valence-corrected chi connectivity index (χ0v) is 20.2. The number of carbonyl (C=O) groups is 2. The Balaban J connectivity index is 1.57. The topological polar surface area (TPSA) is 79.7 Å². The molecule has 0 saturated carbocycles. The molecule has 0 aliphatic carbocycles. The fourth-order valence-corrected chi connectivity index (χ4v) is 4.39. The number of hydrogen-bond donors (Lipinski definition) is 1. The number of ketones is 1. The fourth-order valence-electron chi connectivity index (χ4n) is 4.39. The second kappa shape index (κ2) is 9.70. The van der Waals surface area contributed by atoms with E-state index in [0.29, 0.717) is 28.3 Å². The van der Waals surface area contributed by atoms with E-state index in [4.69, 9.17) is 4.74 Å². The zero-order valence-electron chi connectivity index (χ0n) is 20.2. The van der Waals surface area contributed by atoms with Gasteiger partial charge in [-0.2, -0.15) is 0 Å². The van der Waals surface area contributed by atoms with E-state index in [9.17, 15) is 19.1 Å². The van der Waals surface area contributed by atoms with E-state index in [-0.39, 0.29) is 16.9 Å². The van der Waals surface area contributed by atoms with Crippen LogP contribution in [0.25, 0.3) is 5.76 Å². The Morgan fingerprint density at radius 2 is 1.73 bits per heavy atom. The molecule has 184 valence electrons. The summed E-state index contributed by atoms with van der Waals surface area (Å²) in [6.07, 6.45) is 3.12. The molecular weight excluding hydrogens is 471 g/mol. The molecule has 0 spiro atoms. The lowest BCUT2D eigenvalue weighted by Gasteiger charge is -2.25. The summed E-state index contributed by atoms with van der Waals surface area (Å²) in [6.45, 7) is 3.53. The van der Waals surface area contributed by atoms with Gasteiger partial charge in [-0.3, -0.25) is 19.5 Å². The van der Waals surface area contributed by atoms with Gasteiger partial charge in [0.2, 0.25) is 0 Å². The molecule has 1 unspecified atom stereocenters. The van der Waals surface area contributed by atoms with Crippen LogP contribution in [0.1, 0.15) is 28.3 Å². The first-order valence-electron chi connectivity index (χ1n) is 11.7. The Labute approximate surface area is 213 Å². The second-order valence-electron chi connectivity index (χ2n) is 8.83. The van der Waals surface area contributed by atoms with Crippen LogP contribution in [0.15, 0.2) is 96.8 Å². The van der Waals surface area contributed by atoms with Crippen molar-refractivity contribution in [2.45, 2.75) is 19.9 Å². The Bertz CT molecular complexity index is 1530. The van der Waals surface area contributed by atoms with Crippen molar-refractivity contribution >= 4 is 23.1 Å². The number of Topliss-reactive ketones (excluding diaryl/α,β-unsaturated/α-hetero) is 1. The summed E-state index contributed by atoms with van der Waals surface area (Å²) in [5.74, 6) is -1.20. The van der Waals surface area contributed by atoms with Crippen LogP contribution in [0.3, 0.4) is 0 Å². The van der Waals surface area contributed by atoms with Crippen LogP contribution in [-0.2, 0) is 9.59 Å². The number of pyridine rings is 1. The number of carbonyl (C=O) groups excluding carboxylic acids is 2. The molecule has 1 atom stereocenters. The molecule has 3 aromatic carbocycles. The number of aliphatic hydroxyl groups excluding tert-OH is 1. The number of nitrogens with zero attached hydrogens (tertiary/aromatic N) is 2. The summed E-state index contributed by atoms with van der Waals surface area (Å²) in [5.41, 5.74) is 2.51. The van der Waals surface area contributed by atoms with E-state index in [1.54, 1.807) is 55.7 Å². The van der Waals surface area contributed by atoms with Gasteiger partial charge in [0, 0.05) is 23.6 Å². The Morgan fingerprint density at radius 1 is 0.946 bits per heavy atom. The predicted molar refractivity (Wildman–Crippen MR) is 138 cm³/mol. The number of benzene rings is 3. The first kappa shape index (κ1) is 23.9. The molecule has 6 nitrogen and oxygen atoms in total. The Hall–Kier alpha value is -4.78. The van der Waals surface area contributed by atoms with Gasteiger partial charge >= 0.3 is 0 Å². The Morgan fingerprint density at radius 3 is 2.41 bits per heavy atom. The Kier molecular flexibility index (Phi) is 6.27. The number of aromatic nitrogens is 1. The highest BCUT2D eigenvalue weighted by Crippen LogP contribution is 2.42. The number of rotatable bonds is 5. The summed E-state index contributed by atoms with van der Waals surface area (Å²) in [4.78, 5) is 32.0. The normalized spacial score (nSPS) is 16.7. The van der Waals surface area contributed by atoms with Crippen molar-refractivity contribution in [3.05, 3.63) is 125 Å². The van der Waals surface area contributed by atoms with Crippen LogP contribution in [0, 0.1) is 19.7 Å². The standard InChI is InChI=1S/C30H23FN2O4/c1-18-5-3-7-24(15-18)37-23-11-9-22(10-12-23)33-27(21-6-4-14-32-17-21)26(29(35)30(33)36)28(34)20-8-13-25(31)19(2)16-20/h3-17,27,34H,1-2H3/b28-26-. The highest BCUT2D eigenvalue weighted by atomic mass is 19.1. The third-order valence-corrected chi connectivity index (χ3v) is 6.22. The van der Waals surface area contributed by atoms with E-state index in [1.165, 1.54) is 23.1 Å². The minimum atomic E-state index is -0.928. The van der Waals surface area contributed by atoms with Gasteiger partial charge in [0.25, 0.3) is 11.7 Å². The van der Waals surface area contributed by atoms with Crippen LogP contribution in [-0.4, -0.2) is 21.8 Å². The number of ether oxygens (including phenoxy) is 1. The van der Waals surface area contributed by atoms with Gasteiger partial charge in [-0.15, -0.1) is 0 Å². The fraction of sp³-hybridized carbons (Fsp3) is 0.100. The van der Waals surface area contributed by atoms with Crippen LogP contribution >= 0.6 is 0 Å². The SMILES string of the molecule is Cc1cccc(Oc2ccc(N3C(=O)C(=O)/C(=C(\O)c4ccc(F)c(C)c4)C3c3cccnc3)cc2)c1. The molecule has 1 amide bonds. The lowest BCUT2D eigenvalue weighted by atomic mass is 9.95. The van der Waals surface area contributed by atoms with Crippen molar-refractivity contribution in [1.82, 2.24) is 4.98 Å². The minimum Gasteiger partial charge on any atom is -0.507 e. The van der Waals surface area contributed by atoms with Crippen molar-refractivity contribution in [1.29, 1.82) is 0 Å². The highest BCUT2D eigenvalue weighted by Gasteiger charge is 2.47. The predicted octanol–water partition coefficient (Wildman–Crippen LogP) is 6.26. The lowest BCUT2D eigenvalue weighted by molar-refractivity contribution is -0.132. The average molecular weight is 495 g/mol. The summed E-state index contributed by atoms with van der Waals surface area (Å²) in [5, 5.41) is 11.2. The smallest absolute Gasteiger partial charge is 0.300 e. The van der Waals surface area contributed by atoms with Crippen LogP contribution in [0.5, 0.6) is 11.5 Å². The zero-order chi connectivity index (χ0) is 26.1. The molecular formula is C30H23FN2O4. The largest absolute Gasteiger partial charge is 0.507 e. The van der Waals surface area contributed by atoms with E-state index in [1.807, 2.05) is 31.2 Å². The number of anilines is 1. The maximum atomic E-state index is 13.8. The molecule has 1 saturated heterocycles. The third-order valence-electron chi connectivity index (χ3n) is 6.22. The molecule has 1 aliphatic heterocycles. The van der Waals surface area contributed by atoms with Crippen LogP contribution < -0.4 is 9.64 Å². The third kappa shape index (κ3) is 4.59. The molecule has 0 bridgehead atoms. The van der Waals surface area contributed by atoms with E-state index in [2.05, 4.69) is 4.98 Å². The lowest BCUT2D eigenvalue weighted by Crippen LogP contribution is -2.29. The van der Waals surface area contributed by atoms with Crippen molar-refractivity contribution in [3.63, 3.8) is 0 Å². The number of halogens is 1. The summed E-state index contributed by atoms with van der Waals surface area (Å²) < 4.78 is 19.8. The van der Waals surface area contributed by atoms with Crippen molar-refractivity contribution in [3.8, 4) is 11.5 Å². The van der Waals surface area contributed by atoms with Crippen LogP contribution in [0.4, 0.5) is 10.1 Å². The van der Waals surface area contributed by atoms with Gasteiger partial charge in [-0.1, -0.05) is 18.2 Å². The number of amides is 1. The first-order valence-corrected chi connectivity index (χ1v) is 11.7. The molecule has 1 fully saturated rings. The van der Waals surface area contributed by atoms with Crippen molar-refractivity contribution in [2.24, 2.45) is 0 Å². The molecule has 37 heavy (non-hydrogen) atoms. The maximum Gasteiger partial charge on any atom is 0.300 e. The summed E-state index contributed by atoms with van der Waals surface area (Å²) in [7, 11) is 0. The van der Waals surface area contributed by atoms with Gasteiger partial charge < -0.3 is 9.84 Å². The average Bonchev–Trinajstić information content (AvgIpc) is 3.16. The molecule has 2 heterocycles. The molecule has 1 aliphatic rings. The second-order valence-corrected chi connectivity index (χ2v) is 8.83. The van der Waals surface area contributed by atoms with Gasteiger partial charge in [0.05, 0.1) is 11.6 Å². The maximum absolute atomic E-state index is 13.8. The molecule has 4 aromatic rings. The van der Waals surface area contributed by atoms with Crippen LogP contribution in [0.2, 0.25) is 0 Å². The quantitative estimate of drug-likeness (QED) is 0.201. The minimum absolute atomic E-state index is 0.0934. The van der Waals surface area contributed by atoms with E-state index in [0.717, 1.165) is 5.56 Å². The molecule has 1 N–H and O–H groups in total. The highest BCUT2D eigenvalue weighted by molar-refractivity contribution is 6.51. The van der Waals surface area contributed by atoms with E-state index < -0.39 is 23.5 Å². The summed E-state index contributed by atoms with van der Waals surface area (Å²) >= 11 is 0. The van der Waals surface area contributed by atoms with Gasteiger partial charge in [-0.25, -0.2) is 4.39 Å². The summed E-state index contributed by atoms with van der Waals surface area (Å²) in [6, 6.07) is 20.9. The van der Waals surface area contributed by atoms with Crippen molar-refractivity contribution in [2.75, 3.05) is 4.90 Å². The number of hydrogen-bond acceptors (Lipinski definition) is 5.